The predicted molar refractivity (Wildman–Crippen MR) is 142 cm³/mol. The van der Waals surface area contributed by atoms with Crippen molar-refractivity contribution in [2.75, 3.05) is 5.32 Å². The van der Waals surface area contributed by atoms with Gasteiger partial charge in [-0.2, -0.15) is 5.10 Å². The second-order valence-corrected chi connectivity index (χ2v) is 9.35. The molecule has 0 bridgehead atoms. The molecule has 0 spiro atoms. The first-order valence-corrected chi connectivity index (χ1v) is 12.3. The number of nitrogens with zero attached hydrogens (tertiary/aromatic N) is 4. The molecule has 0 saturated heterocycles. The number of hydrogen-bond acceptors (Lipinski definition) is 2. The predicted octanol–water partition coefficient (Wildman–Crippen LogP) is 6.90. The van der Waals surface area contributed by atoms with Crippen LogP contribution in [0.1, 0.15) is 28.6 Å². The van der Waals surface area contributed by atoms with Crippen molar-refractivity contribution in [2.24, 2.45) is 0 Å². The average molecular weight is 512 g/mol. The van der Waals surface area contributed by atoms with Gasteiger partial charge in [0.1, 0.15) is 11.6 Å². The highest BCUT2D eigenvalue weighted by atomic mass is 35.5. The van der Waals surface area contributed by atoms with Crippen molar-refractivity contribution in [3.8, 4) is 11.5 Å². The van der Waals surface area contributed by atoms with Gasteiger partial charge in [-0.3, -0.25) is 0 Å². The minimum absolute atomic E-state index is 0.0515. The Labute approximate surface area is 218 Å². The van der Waals surface area contributed by atoms with Crippen LogP contribution >= 0.6 is 11.6 Å². The zero-order valence-electron chi connectivity index (χ0n) is 20.0. The Morgan fingerprint density at radius 2 is 1.73 bits per heavy atom. The number of hydrogen-bond donors (Lipinski definition) is 1. The molecular formula is C29H23ClFN5O. The topological polar surface area (TPSA) is 55.1 Å². The van der Waals surface area contributed by atoms with E-state index in [0.29, 0.717) is 12.2 Å². The second kappa shape index (κ2) is 9.26. The van der Waals surface area contributed by atoms with Crippen LogP contribution in [0.5, 0.6) is 0 Å². The molecule has 1 aliphatic heterocycles. The second-order valence-electron chi connectivity index (χ2n) is 8.94. The molecule has 0 aliphatic carbocycles. The highest BCUT2D eigenvalue weighted by molar-refractivity contribution is 6.31. The maximum absolute atomic E-state index is 13.9. The normalized spacial score (nSPS) is 14.6. The number of aryl methyl sites for hydroxylation is 1. The number of carbonyl (C=O) groups excluding carboxylic acids is 1. The van der Waals surface area contributed by atoms with Crippen molar-refractivity contribution in [1.82, 2.24) is 19.2 Å². The molecular weight excluding hydrogens is 489 g/mol. The molecule has 1 atom stereocenters. The quantitative estimate of drug-likeness (QED) is 0.286. The molecule has 1 N–H and O–H groups in total. The fourth-order valence-corrected chi connectivity index (χ4v) is 5.09. The Morgan fingerprint density at radius 3 is 2.46 bits per heavy atom. The number of benzene rings is 3. The summed E-state index contributed by atoms with van der Waals surface area (Å²) in [5, 5.41) is 7.72. The van der Waals surface area contributed by atoms with Gasteiger partial charge in [0.05, 0.1) is 34.7 Å². The highest BCUT2D eigenvalue weighted by Crippen LogP contribution is 2.38. The van der Waals surface area contributed by atoms with E-state index in [2.05, 4.69) is 9.88 Å². The summed E-state index contributed by atoms with van der Waals surface area (Å²) in [4.78, 5) is 15.7. The van der Waals surface area contributed by atoms with E-state index >= 15 is 0 Å². The molecule has 0 fully saturated rings. The molecule has 3 aromatic carbocycles. The molecule has 37 heavy (non-hydrogen) atoms. The number of amides is 2. The van der Waals surface area contributed by atoms with Gasteiger partial charge in [0.25, 0.3) is 0 Å². The summed E-state index contributed by atoms with van der Waals surface area (Å²) in [5.41, 5.74) is 5.01. The Kier molecular flexibility index (Phi) is 5.77. The van der Waals surface area contributed by atoms with Crippen LogP contribution in [0.25, 0.3) is 11.5 Å². The van der Waals surface area contributed by atoms with Crippen LogP contribution in [0.15, 0.2) is 97.2 Å². The van der Waals surface area contributed by atoms with Crippen molar-refractivity contribution >= 4 is 23.3 Å². The number of rotatable bonds is 3. The Hall–Kier alpha value is -4.36. The van der Waals surface area contributed by atoms with Gasteiger partial charge in [-0.25, -0.2) is 13.9 Å². The number of nitrogens with one attached hydrogen (secondary N) is 1. The minimum Gasteiger partial charge on any atom is -0.308 e. The summed E-state index contributed by atoms with van der Waals surface area (Å²) in [7, 11) is 0. The van der Waals surface area contributed by atoms with Crippen LogP contribution in [0, 0.1) is 12.7 Å². The van der Waals surface area contributed by atoms with E-state index in [-0.39, 0.29) is 17.1 Å². The van der Waals surface area contributed by atoms with Crippen LogP contribution in [0.2, 0.25) is 5.02 Å². The monoisotopic (exact) mass is 511 g/mol. The molecule has 3 heterocycles. The highest BCUT2D eigenvalue weighted by Gasteiger charge is 2.36. The first-order valence-electron chi connectivity index (χ1n) is 11.9. The lowest BCUT2D eigenvalue weighted by Crippen LogP contribution is -2.38. The first kappa shape index (κ1) is 23.1. The largest absolute Gasteiger partial charge is 0.322 e. The van der Waals surface area contributed by atoms with Crippen molar-refractivity contribution in [3.63, 3.8) is 0 Å². The third kappa shape index (κ3) is 4.07. The molecule has 184 valence electrons. The molecule has 0 unspecified atom stereocenters. The Morgan fingerprint density at radius 1 is 1.00 bits per heavy atom. The van der Waals surface area contributed by atoms with Gasteiger partial charge < -0.3 is 14.8 Å². The van der Waals surface area contributed by atoms with E-state index in [4.69, 9.17) is 16.7 Å². The number of halogens is 2. The van der Waals surface area contributed by atoms with Gasteiger partial charge in [-0.1, -0.05) is 60.1 Å². The molecule has 0 saturated carbocycles. The average Bonchev–Trinajstić information content (AvgIpc) is 3.47. The molecule has 2 aromatic heterocycles. The van der Waals surface area contributed by atoms with E-state index in [1.165, 1.54) is 18.2 Å². The zero-order valence-corrected chi connectivity index (χ0v) is 20.7. The lowest BCUT2D eigenvalue weighted by Gasteiger charge is -2.31. The molecule has 1 aliphatic rings. The van der Waals surface area contributed by atoms with Gasteiger partial charge in [-0.15, -0.1) is 0 Å². The maximum atomic E-state index is 13.9. The fourth-order valence-electron chi connectivity index (χ4n) is 4.90. The van der Waals surface area contributed by atoms with Gasteiger partial charge in [0.2, 0.25) is 0 Å². The van der Waals surface area contributed by atoms with E-state index < -0.39 is 5.82 Å². The summed E-state index contributed by atoms with van der Waals surface area (Å²) in [5.74, 6) is 0.354. The first-order chi connectivity index (χ1) is 18.0. The summed E-state index contributed by atoms with van der Waals surface area (Å²) < 4.78 is 17.8. The summed E-state index contributed by atoms with van der Waals surface area (Å²) in [6.45, 7) is 2.27. The standard InChI is InChI=1S/C29H23ClFN5O/c1-19-23-18-35(29(37)32-21-14-15-25(31)24(30)17-21)27(20-9-4-2-5-10-20)26-13-8-16-34(26)28(23)36(33-19)22-11-6-3-7-12-22/h2-17,27H,18H2,1H3,(H,32,37)/t27-/m1/s1. The SMILES string of the molecule is Cc1nn(-c2ccccc2)c2c1CN(C(=O)Nc1ccc(F)c(Cl)c1)[C@H](c1ccccc1)c1cccn1-2. The summed E-state index contributed by atoms with van der Waals surface area (Å²) >= 11 is 5.98. The number of carbonyl (C=O) groups is 1. The lowest BCUT2D eigenvalue weighted by molar-refractivity contribution is 0.194. The molecule has 0 radical (unpaired) electrons. The van der Waals surface area contributed by atoms with Crippen LogP contribution in [0.3, 0.4) is 0 Å². The molecule has 6 rings (SSSR count). The van der Waals surface area contributed by atoms with Crippen molar-refractivity contribution in [1.29, 1.82) is 0 Å². The van der Waals surface area contributed by atoms with E-state index in [1.807, 2.05) is 90.6 Å². The lowest BCUT2D eigenvalue weighted by atomic mass is 10.0. The third-order valence-corrected chi connectivity index (χ3v) is 6.92. The van der Waals surface area contributed by atoms with Crippen molar-refractivity contribution in [3.05, 3.63) is 131 Å². The molecule has 6 nitrogen and oxygen atoms in total. The molecule has 2 amide bonds. The number of aromatic nitrogens is 3. The van der Waals surface area contributed by atoms with Gasteiger partial charge >= 0.3 is 6.03 Å². The van der Waals surface area contributed by atoms with Crippen LogP contribution < -0.4 is 5.32 Å². The molecule has 8 heteroatoms. The van der Waals surface area contributed by atoms with E-state index in [1.54, 1.807) is 4.90 Å². The Balaban J connectivity index is 1.52. The van der Waals surface area contributed by atoms with E-state index in [9.17, 15) is 9.18 Å². The van der Waals surface area contributed by atoms with Crippen molar-refractivity contribution in [2.45, 2.75) is 19.5 Å². The van der Waals surface area contributed by atoms with Crippen LogP contribution in [-0.4, -0.2) is 25.3 Å². The van der Waals surface area contributed by atoms with Gasteiger partial charge in [0.15, 0.2) is 0 Å². The van der Waals surface area contributed by atoms with Crippen LogP contribution in [-0.2, 0) is 6.54 Å². The minimum atomic E-state index is -0.539. The summed E-state index contributed by atoms with van der Waals surface area (Å²) in [6.07, 6.45) is 2.01. The smallest absolute Gasteiger partial charge is 0.308 e. The number of anilines is 1. The number of urea groups is 1. The van der Waals surface area contributed by atoms with E-state index in [0.717, 1.165) is 34.0 Å². The Bertz CT molecular complexity index is 1600. The zero-order chi connectivity index (χ0) is 25.5. The fraction of sp³-hybridized carbons (Fsp3) is 0.103. The third-order valence-electron chi connectivity index (χ3n) is 6.63. The number of para-hydroxylation sites is 1. The van der Waals surface area contributed by atoms with Crippen LogP contribution in [0.4, 0.5) is 14.9 Å². The number of fused-ring (bicyclic) bond motifs is 3. The van der Waals surface area contributed by atoms with Gasteiger partial charge in [0, 0.05) is 17.4 Å². The maximum Gasteiger partial charge on any atom is 0.322 e. The molecule has 5 aromatic rings. The summed E-state index contributed by atoms with van der Waals surface area (Å²) in [6, 6.07) is 27.3. The van der Waals surface area contributed by atoms with Gasteiger partial charge in [-0.05, 0) is 55.0 Å². The van der Waals surface area contributed by atoms with Crippen molar-refractivity contribution < 1.29 is 9.18 Å².